The first kappa shape index (κ1) is 19.2. The molecule has 25 heavy (non-hydrogen) atoms. The van der Waals surface area contributed by atoms with E-state index in [1.54, 1.807) is 0 Å². The number of ether oxygens (including phenoxy) is 1. The van der Waals surface area contributed by atoms with Crippen LogP contribution in [0.15, 0.2) is 11.8 Å². The fourth-order valence-electron chi connectivity index (χ4n) is 2.55. The zero-order chi connectivity index (χ0) is 18.7. The molecule has 2 rings (SSSR count). The number of carboxylic acids is 1. The van der Waals surface area contributed by atoms with Crippen LogP contribution < -0.4 is 10.6 Å². The smallest absolute Gasteiger partial charge is 0.370 e. The van der Waals surface area contributed by atoms with Gasteiger partial charge in [0, 0.05) is 19.4 Å². The minimum atomic E-state index is -1.66. The Kier molecular flexibility index (Phi) is 5.98. The minimum absolute atomic E-state index is 0.0780. The molecule has 0 aromatic heterocycles. The van der Waals surface area contributed by atoms with Crippen molar-refractivity contribution in [3.05, 3.63) is 11.8 Å². The standard InChI is InChI=1S/C15H22N2O8/c1-6(18)17-11-8(19)4-10(15(23)24)25-13(11)12(21)9(20)5-16-14(22)7-2-3-7/h4,7-9,11-13,19-21H,2-3,5H2,1H3,(H,16,22)(H,17,18)(H,23,24)/t8?,9-,11-,12-,13?/m1/s1. The number of nitrogens with one attached hydrogen (secondary N) is 2. The topological polar surface area (TPSA) is 165 Å². The van der Waals surface area contributed by atoms with E-state index in [1.165, 1.54) is 6.92 Å². The molecule has 0 aromatic carbocycles. The highest BCUT2D eigenvalue weighted by molar-refractivity contribution is 5.84. The van der Waals surface area contributed by atoms with Gasteiger partial charge in [-0.25, -0.2) is 4.79 Å². The predicted molar refractivity (Wildman–Crippen MR) is 82.0 cm³/mol. The number of amides is 2. The SMILES string of the molecule is CC(=O)N[C@@H]1C(O)C=C(C(=O)O)OC1[C@H](O)[C@H](O)CNC(=O)C1CC1. The van der Waals surface area contributed by atoms with Crippen LogP contribution in [0.2, 0.25) is 0 Å². The highest BCUT2D eigenvalue weighted by Gasteiger charge is 2.43. The van der Waals surface area contributed by atoms with Gasteiger partial charge in [-0.2, -0.15) is 0 Å². The average Bonchev–Trinajstić information content (AvgIpc) is 3.37. The lowest BCUT2D eigenvalue weighted by Crippen LogP contribution is -2.60. The molecule has 5 atom stereocenters. The second-order valence-corrected chi connectivity index (χ2v) is 6.21. The maximum atomic E-state index is 11.6. The van der Waals surface area contributed by atoms with E-state index >= 15 is 0 Å². The van der Waals surface area contributed by atoms with Crippen molar-refractivity contribution in [2.24, 2.45) is 5.92 Å². The number of rotatable bonds is 7. The summed E-state index contributed by atoms with van der Waals surface area (Å²) in [6, 6.07) is -1.16. The second-order valence-electron chi connectivity index (χ2n) is 6.21. The van der Waals surface area contributed by atoms with E-state index in [-0.39, 0.29) is 18.4 Å². The van der Waals surface area contributed by atoms with Gasteiger partial charge in [0.05, 0.1) is 6.04 Å². The normalized spacial score (nSPS) is 28.2. The summed E-state index contributed by atoms with van der Waals surface area (Å²) in [5.41, 5.74) is 0. The molecule has 2 unspecified atom stereocenters. The molecular formula is C15H22N2O8. The van der Waals surface area contributed by atoms with Gasteiger partial charge in [-0.15, -0.1) is 0 Å². The number of carbonyl (C=O) groups is 3. The first-order valence-electron chi connectivity index (χ1n) is 7.91. The van der Waals surface area contributed by atoms with Gasteiger partial charge in [-0.3, -0.25) is 9.59 Å². The molecule has 1 fully saturated rings. The average molecular weight is 358 g/mol. The number of aliphatic hydroxyl groups excluding tert-OH is 3. The number of carboxylic acid groups (broad SMARTS) is 1. The Morgan fingerprint density at radius 3 is 2.48 bits per heavy atom. The van der Waals surface area contributed by atoms with Crippen LogP contribution in [-0.2, 0) is 19.1 Å². The molecule has 0 aromatic rings. The lowest BCUT2D eigenvalue weighted by molar-refractivity contribution is -0.147. The molecule has 2 aliphatic rings. The second kappa shape index (κ2) is 7.81. The van der Waals surface area contributed by atoms with Crippen LogP contribution >= 0.6 is 0 Å². The summed E-state index contributed by atoms with van der Waals surface area (Å²) in [5.74, 6) is -2.92. The Balaban J connectivity index is 2.07. The van der Waals surface area contributed by atoms with Gasteiger partial charge in [-0.05, 0) is 18.9 Å². The third kappa shape index (κ3) is 4.91. The van der Waals surface area contributed by atoms with Crippen molar-refractivity contribution in [2.75, 3.05) is 6.54 Å². The largest absolute Gasteiger partial charge is 0.478 e. The predicted octanol–water partition coefficient (Wildman–Crippen LogP) is -2.53. The van der Waals surface area contributed by atoms with Crippen molar-refractivity contribution in [2.45, 2.75) is 50.2 Å². The Morgan fingerprint density at radius 2 is 1.96 bits per heavy atom. The van der Waals surface area contributed by atoms with Gasteiger partial charge in [0.1, 0.15) is 18.3 Å². The first-order valence-corrected chi connectivity index (χ1v) is 7.91. The third-order valence-electron chi connectivity index (χ3n) is 4.05. The van der Waals surface area contributed by atoms with Crippen molar-refractivity contribution < 1.29 is 39.5 Å². The highest BCUT2D eigenvalue weighted by atomic mass is 16.5. The summed E-state index contributed by atoms with van der Waals surface area (Å²) in [6.07, 6.45) is -3.54. The van der Waals surface area contributed by atoms with E-state index in [4.69, 9.17) is 9.84 Å². The van der Waals surface area contributed by atoms with Crippen LogP contribution in [0.5, 0.6) is 0 Å². The van der Waals surface area contributed by atoms with E-state index < -0.39 is 48.1 Å². The Bertz CT molecular complexity index is 574. The Hall–Kier alpha value is -2.17. The molecule has 1 aliphatic carbocycles. The number of aliphatic hydroxyl groups is 3. The maximum absolute atomic E-state index is 11.6. The number of hydrogen-bond donors (Lipinski definition) is 6. The van der Waals surface area contributed by atoms with Crippen LogP contribution in [0, 0.1) is 5.92 Å². The molecule has 1 aliphatic heterocycles. The van der Waals surface area contributed by atoms with Crippen molar-refractivity contribution in [1.82, 2.24) is 10.6 Å². The molecule has 6 N–H and O–H groups in total. The number of aliphatic carboxylic acids is 1. The van der Waals surface area contributed by atoms with Gasteiger partial charge in [0.15, 0.2) is 6.10 Å². The van der Waals surface area contributed by atoms with Crippen LogP contribution in [0.25, 0.3) is 0 Å². The Morgan fingerprint density at radius 1 is 1.32 bits per heavy atom. The van der Waals surface area contributed by atoms with Crippen molar-refractivity contribution in [3.63, 3.8) is 0 Å². The molecule has 0 bridgehead atoms. The number of hydrogen-bond acceptors (Lipinski definition) is 7. The Labute approximate surface area is 143 Å². The molecule has 2 amide bonds. The zero-order valence-electron chi connectivity index (χ0n) is 13.6. The minimum Gasteiger partial charge on any atom is -0.478 e. The molecular weight excluding hydrogens is 336 g/mol. The van der Waals surface area contributed by atoms with Crippen LogP contribution in [0.3, 0.4) is 0 Å². The fraction of sp³-hybridized carbons (Fsp3) is 0.667. The summed E-state index contributed by atoms with van der Waals surface area (Å²) in [5, 5.41) is 44.3. The molecule has 10 heteroatoms. The molecule has 0 saturated heterocycles. The summed E-state index contributed by atoms with van der Waals surface area (Å²) >= 11 is 0. The summed E-state index contributed by atoms with van der Waals surface area (Å²) in [7, 11) is 0. The van der Waals surface area contributed by atoms with Crippen LogP contribution in [-0.4, -0.2) is 75.2 Å². The monoisotopic (exact) mass is 358 g/mol. The van der Waals surface area contributed by atoms with E-state index in [0.717, 1.165) is 18.9 Å². The van der Waals surface area contributed by atoms with Crippen LogP contribution in [0.1, 0.15) is 19.8 Å². The van der Waals surface area contributed by atoms with Crippen molar-refractivity contribution in [3.8, 4) is 0 Å². The van der Waals surface area contributed by atoms with Gasteiger partial charge in [0.2, 0.25) is 17.6 Å². The summed E-state index contributed by atoms with van der Waals surface area (Å²) in [6.45, 7) is 0.907. The molecule has 1 saturated carbocycles. The van der Waals surface area contributed by atoms with Gasteiger partial charge < -0.3 is 35.8 Å². The summed E-state index contributed by atoms with van der Waals surface area (Å²) in [4.78, 5) is 34.0. The van der Waals surface area contributed by atoms with Gasteiger partial charge >= 0.3 is 5.97 Å². The molecule has 10 nitrogen and oxygen atoms in total. The fourth-order valence-corrected chi connectivity index (χ4v) is 2.55. The molecule has 0 radical (unpaired) electrons. The third-order valence-corrected chi connectivity index (χ3v) is 4.05. The van der Waals surface area contributed by atoms with E-state index in [1.807, 2.05) is 0 Å². The molecule has 0 spiro atoms. The highest BCUT2D eigenvalue weighted by Crippen LogP contribution is 2.28. The molecule has 140 valence electrons. The van der Waals surface area contributed by atoms with Crippen molar-refractivity contribution in [1.29, 1.82) is 0 Å². The number of carbonyl (C=O) groups excluding carboxylic acids is 2. The first-order chi connectivity index (χ1) is 11.7. The lowest BCUT2D eigenvalue weighted by Gasteiger charge is -2.38. The van der Waals surface area contributed by atoms with E-state index in [9.17, 15) is 29.7 Å². The summed E-state index contributed by atoms with van der Waals surface area (Å²) < 4.78 is 5.15. The van der Waals surface area contributed by atoms with Gasteiger partial charge in [-0.1, -0.05) is 0 Å². The quantitative estimate of drug-likeness (QED) is 0.290. The van der Waals surface area contributed by atoms with E-state index in [2.05, 4.69) is 10.6 Å². The van der Waals surface area contributed by atoms with E-state index in [0.29, 0.717) is 0 Å². The maximum Gasteiger partial charge on any atom is 0.370 e. The van der Waals surface area contributed by atoms with Crippen molar-refractivity contribution >= 4 is 17.8 Å². The lowest BCUT2D eigenvalue weighted by atomic mass is 9.93. The van der Waals surface area contributed by atoms with Gasteiger partial charge in [0.25, 0.3) is 0 Å². The van der Waals surface area contributed by atoms with Crippen LogP contribution in [0.4, 0.5) is 0 Å². The zero-order valence-corrected chi connectivity index (χ0v) is 13.6. The molecule has 1 heterocycles.